The first kappa shape index (κ1) is 30.9. The van der Waals surface area contributed by atoms with Crippen molar-refractivity contribution in [2.75, 3.05) is 10.8 Å². The molecule has 1 saturated carbocycles. The maximum atomic E-state index is 14.0. The van der Waals surface area contributed by atoms with Crippen LogP contribution in [0.1, 0.15) is 49.3 Å². The molecule has 218 valence electrons. The molecule has 1 aliphatic rings. The van der Waals surface area contributed by atoms with Crippen molar-refractivity contribution in [1.29, 1.82) is 0 Å². The lowest BCUT2D eigenvalue weighted by atomic mass is 10.1. The Kier molecular flexibility index (Phi) is 10.00. The van der Waals surface area contributed by atoms with Gasteiger partial charge in [0.1, 0.15) is 12.6 Å². The van der Waals surface area contributed by atoms with Crippen LogP contribution in [0.3, 0.4) is 0 Å². The van der Waals surface area contributed by atoms with Gasteiger partial charge in [-0.1, -0.05) is 77.5 Å². The third kappa shape index (κ3) is 7.61. The lowest BCUT2D eigenvalue weighted by Crippen LogP contribution is -2.52. The molecule has 0 heterocycles. The molecule has 0 aliphatic heterocycles. The molecule has 1 atom stereocenters. The van der Waals surface area contributed by atoms with Gasteiger partial charge in [0.2, 0.25) is 11.8 Å². The van der Waals surface area contributed by atoms with Crippen molar-refractivity contribution in [1.82, 2.24) is 10.2 Å². The van der Waals surface area contributed by atoms with Gasteiger partial charge >= 0.3 is 0 Å². The molecular formula is C31H35Cl2N3O4S. The summed E-state index contributed by atoms with van der Waals surface area (Å²) in [4.78, 5) is 28.8. The maximum Gasteiger partial charge on any atom is 0.264 e. The SMILES string of the molecule is Cc1ccc(N(CC(=O)N(Cc2ccc(Cl)c(Cl)c2)C(C)C(=O)NC2CCCC2)S(=O)(=O)c2ccc(C)cc2)cc1. The predicted molar refractivity (Wildman–Crippen MR) is 164 cm³/mol. The summed E-state index contributed by atoms with van der Waals surface area (Å²) in [5.41, 5.74) is 2.88. The number of carbonyl (C=O) groups is 2. The first-order valence-electron chi connectivity index (χ1n) is 13.7. The number of carbonyl (C=O) groups excluding carboxylic acids is 2. The van der Waals surface area contributed by atoms with E-state index < -0.39 is 28.5 Å². The van der Waals surface area contributed by atoms with Crippen LogP contribution in [0, 0.1) is 13.8 Å². The normalized spacial score (nSPS) is 14.5. The van der Waals surface area contributed by atoms with Crippen molar-refractivity contribution in [3.05, 3.63) is 93.5 Å². The topological polar surface area (TPSA) is 86.8 Å². The van der Waals surface area contributed by atoms with E-state index in [-0.39, 0.29) is 23.4 Å². The van der Waals surface area contributed by atoms with Crippen LogP contribution in [0.2, 0.25) is 10.0 Å². The molecule has 3 aromatic rings. The Hall–Kier alpha value is -3.07. The zero-order chi connectivity index (χ0) is 29.7. The summed E-state index contributed by atoms with van der Waals surface area (Å²) < 4.78 is 28.9. The Bertz CT molecular complexity index is 1490. The third-order valence-corrected chi connectivity index (χ3v) is 9.94. The molecule has 41 heavy (non-hydrogen) atoms. The minimum absolute atomic E-state index is 0.0429. The number of aryl methyl sites for hydroxylation is 2. The van der Waals surface area contributed by atoms with E-state index in [4.69, 9.17) is 23.2 Å². The van der Waals surface area contributed by atoms with Crippen LogP contribution in [0.25, 0.3) is 0 Å². The van der Waals surface area contributed by atoms with Gasteiger partial charge in [-0.25, -0.2) is 8.42 Å². The Morgan fingerprint density at radius 2 is 1.49 bits per heavy atom. The summed E-state index contributed by atoms with van der Waals surface area (Å²) in [5, 5.41) is 3.75. The molecule has 2 amide bonds. The largest absolute Gasteiger partial charge is 0.352 e. The Morgan fingerprint density at radius 3 is 2.07 bits per heavy atom. The Labute approximate surface area is 252 Å². The number of hydrogen-bond donors (Lipinski definition) is 1. The first-order chi connectivity index (χ1) is 19.5. The van der Waals surface area contributed by atoms with Crippen molar-refractivity contribution in [2.24, 2.45) is 0 Å². The summed E-state index contributed by atoms with van der Waals surface area (Å²) in [5.74, 6) is -0.810. The summed E-state index contributed by atoms with van der Waals surface area (Å²) in [6, 6.07) is 17.6. The fourth-order valence-electron chi connectivity index (χ4n) is 4.89. The number of nitrogens with zero attached hydrogens (tertiary/aromatic N) is 2. The van der Waals surface area contributed by atoms with Gasteiger partial charge in [-0.3, -0.25) is 13.9 Å². The van der Waals surface area contributed by atoms with Crippen LogP contribution in [0.4, 0.5) is 5.69 Å². The van der Waals surface area contributed by atoms with Gasteiger partial charge in [-0.05, 0) is 75.6 Å². The smallest absolute Gasteiger partial charge is 0.264 e. The summed E-state index contributed by atoms with van der Waals surface area (Å²) in [6.07, 6.45) is 3.89. The van der Waals surface area contributed by atoms with E-state index >= 15 is 0 Å². The molecule has 1 fully saturated rings. The molecule has 0 bridgehead atoms. The van der Waals surface area contributed by atoms with Gasteiger partial charge in [0.05, 0.1) is 20.6 Å². The van der Waals surface area contributed by atoms with Crippen molar-refractivity contribution in [2.45, 2.75) is 70.0 Å². The van der Waals surface area contributed by atoms with E-state index in [1.165, 1.54) is 17.0 Å². The molecule has 3 aromatic carbocycles. The first-order valence-corrected chi connectivity index (χ1v) is 15.8. The highest BCUT2D eigenvalue weighted by atomic mass is 35.5. The lowest BCUT2D eigenvalue weighted by molar-refractivity contribution is -0.139. The van der Waals surface area contributed by atoms with Crippen LogP contribution >= 0.6 is 23.2 Å². The van der Waals surface area contributed by atoms with Gasteiger partial charge < -0.3 is 10.2 Å². The van der Waals surface area contributed by atoms with E-state index in [2.05, 4.69) is 5.32 Å². The highest BCUT2D eigenvalue weighted by Gasteiger charge is 2.33. The van der Waals surface area contributed by atoms with Gasteiger partial charge in [-0.15, -0.1) is 0 Å². The zero-order valence-corrected chi connectivity index (χ0v) is 25.8. The highest BCUT2D eigenvalue weighted by molar-refractivity contribution is 7.92. The van der Waals surface area contributed by atoms with E-state index in [1.807, 2.05) is 13.8 Å². The third-order valence-electron chi connectivity index (χ3n) is 7.42. The van der Waals surface area contributed by atoms with E-state index in [1.54, 1.807) is 61.5 Å². The lowest BCUT2D eigenvalue weighted by Gasteiger charge is -2.32. The zero-order valence-electron chi connectivity index (χ0n) is 23.4. The number of rotatable bonds is 10. The molecule has 4 rings (SSSR count). The quantitative estimate of drug-likeness (QED) is 0.291. The molecule has 1 unspecified atom stereocenters. The minimum Gasteiger partial charge on any atom is -0.352 e. The molecule has 1 aliphatic carbocycles. The summed E-state index contributed by atoms with van der Waals surface area (Å²) in [6.45, 7) is 4.97. The second-order valence-corrected chi connectivity index (χ2v) is 13.3. The van der Waals surface area contributed by atoms with Gasteiger partial charge in [0.25, 0.3) is 10.0 Å². The highest BCUT2D eigenvalue weighted by Crippen LogP contribution is 2.27. The number of benzene rings is 3. The van der Waals surface area contributed by atoms with Crippen molar-refractivity contribution in [3.8, 4) is 0 Å². The molecule has 7 nitrogen and oxygen atoms in total. The predicted octanol–water partition coefficient (Wildman–Crippen LogP) is 6.28. The number of amides is 2. The van der Waals surface area contributed by atoms with Crippen LogP contribution in [0.5, 0.6) is 0 Å². The van der Waals surface area contributed by atoms with Crippen LogP contribution < -0.4 is 9.62 Å². The van der Waals surface area contributed by atoms with Gasteiger partial charge in [-0.2, -0.15) is 0 Å². The van der Waals surface area contributed by atoms with Crippen LogP contribution in [0.15, 0.2) is 71.6 Å². The summed E-state index contributed by atoms with van der Waals surface area (Å²) in [7, 11) is -4.12. The fourth-order valence-corrected chi connectivity index (χ4v) is 6.62. The average molecular weight is 617 g/mol. The van der Waals surface area contributed by atoms with Gasteiger partial charge in [0, 0.05) is 12.6 Å². The molecule has 0 saturated heterocycles. The van der Waals surface area contributed by atoms with Crippen LogP contribution in [-0.2, 0) is 26.2 Å². The maximum absolute atomic E-state index is 14.0. The van der Waals surface area contributed by atoms with Crippen molar-refractivity contribution < 1.29 is 18.0 Å². The minimum atomic E-state index is -4.12. The molecular weight excluding hydrogens is 581 g/mol. The van der Waals surface area contributed by atoms with E-state index in [9.17, 15) is 18.0 Å². The number of halogens is 2. The second kappa shape index (κ2) is 13.3. The summed E-state index contributed by atoms with van der Waals surface area (Å²) >= 11 is 12.3. The van der Waals surface area contributed by atoms with Crippen molar-refractivity contribution in [3.63, 3.8) is 0 Å². The molecule has 0 spiro atoms. The molecule has 1 N–H and O–H groups in total. The Morgan fingerprint density at radius 1 is 0.902 bits per heavy atom. The Balaban J connectivity index is 1.69. The molecule has 0 aromatic heterocycles. The average Bonchev–Trinajstić information content (AvgIpc) is 3.45. The van der Waals surface area contributed by atoms with E-state index in [0.717, 1.165) is 41.1 Å². The standard InChI is InChI=1S/C31H35Cl2N3O4S/c1-21-8-13-26(14-9-21)36(41(39,40)27-15-10-22(2)11-16-27)20-30(37)35(19-24-12-17-28(32)29(33)18-24)23(3)31(38)34-25-6-4-5-7-25/h8-18,23,25H,4-7,19-20H2,1-3H3,(H,34,38). The monoisotopic (exact) mass is 615 g/mol. The fraction of sp³-hybridized carbons (Fsp3) is 0.355. The van der Waals surface area contributed by atoms with Crippen LogP contribution in [-0.4, -0.2) is 43.8 Å². The number of sulfonamides is 1. The van der Waals surface area contributed by atoms with Gasteiger partial charge in [0.15, 0.2) is 0 Å². The number of anilines is 1. The number of nitrogens with one attached hydrogen (secondary N) is 1. The molecule has 0 radical (unpaired) electrons. The second-order valence-electron chi connectivity index (χ2n) is 10.6. The number of hydrogen-bond acceptors (Lipinski definition) is 4. The van der Waals surface area contributed by atoms with Crippen molar-refractivity contribution >= 4 is 50.7 Å². The van der Waals surface area contributed by atoms with E-state index in [0.29, 0.717) is 21.3 Å². The molecule has 10 heteroatoms.